The van der Waals surface area contributed by atoms with Gasteiger partial charge in [-0.25, -0.2) is 9.97 Å². The van der Waals surface area contributed by atoms with Crippen LogP contribution in [0.2, 0.25) is 19.6 Å². The van der Waals surface area contributed by atoms with Crippen LogP contribution >= 0.6 is 0 Å². The third-order valence-electron chi connectivity index (χ3n) is 9.29. The molecule has 0 saturated carbocycles. The van der Waals surface area contributed by atoms with Crippen molar-refractivity contribution >= 4 is 95.6 Å². The fraction of sp³-hybridized carbons (Fsp3) is 0.0638. The molecule has 0 spiro atoms. The van der Waals surface area contributed by atoms with E-state index >= 15 is 0 Å². The van der Waals surface area contributed by atoms with E-state index in [1.807, 2.05) is 66.7 Å². The van der Waals surface area contributed by atoms with Gasteiger partial charge in [-0.15, -0.1) is 5.54 Å². The smallest absolute Gasteiger partial charge is 0.129 e. The standard InChI is InChI=1S/C23H18N4Si.2C12H8N2.Ru/c1-28(2,3)13-10-15-8-9-18-19(14-15)27-23-17-7-5-12-25-21(17)20-16(22(23)26-18)6-4-11-24-20;2*1-3-9-5-6-10-4-2-8-14-12(10)11(9)13-7-1;/h4-9,11-12,14H,1-3H3;2*1-8H;. The molecule has 0 fully saturated rings. The van der Waals surface area contributed by atoms with Crippen molar-refractivity contribution in [1.29, 1.82) is 0 Å². The maximum Gasteiger partial charge on any atom is 0.129 e. The summed E-state index contributed by atoms with van der Waals surface area (Å²) >= 11 is 0. The summed E-state index contributed by atoms with van der Waals surface area (Å²) < 4.78 is 0. The van der Waals surface area contributed by atoms with Gasteiger partial charge in [0, 0.05) is 94.5 Å². The first-order valence-corrected chi connectivity index (χ1v) is 21.8. The number of fused-ring (bicyclic) bond motifs is 13. The van der Waals surface area contributed by atoms with Crippen LogP contribution in [0, 0.1) is 11.5 Å². The first-order chi connectivity index (χ1) is 27.4. The third-order valence-corrected chi connectivity index (χ3v) is 10.2. The molecule has 57 heavy (non-hydrogen) atoms. The van der Waals surface area contributed by atoms with E-state index in [0.717, 1.165) is 93.0 Å². The van der Waals surface area contributed by atoms with Gasteiger partial charge in [0.1, 0.15) is 8.07 Å². The summed E-state index contributed by atoms with van der Waals surface area (Å²) in [4.78, 5) is 36.4. The van der Waals surface area contributed by atoms with Crippen LogP contribution in [-0.4, -0.2) is 47.9 Å². The summed E-state index contributed by atoms with van der Waals surface area (Å²) in [6.07, 6.45) is 10.8. The molecule has 0 saturated heterocycles. The van der Waals surface area contributed by atoms with Crippen molar-refractivity contribution in [2.45, 2.75) is 19.6 Å². The van der Waals surface area contributed by atoms with E-state index < -0.39 is 8.07 Å². The normalized spacial score (nSPS) is 11.1. The predicted molar refractivity (Wildman–Crippen MR) is 232 cm³/mol. The van der Waals surface area contributed by atoms with Crippen LogP contribution in [0.3, 0.4) is 0 Å². The minimum absolute atomic E-state index is 0. The molecule has 11 rings (SSSR count). The molecular weight excluding hydrogens is 806 g/mol. The molecule has 0 atom stereocenters. The van der Waals surface area contributed by atoms with Gasteiger partial charge in [0.05, 0.1) is 55.2 Å². The molecule has 7 heterocycles. The summed E-state index contributed by atoms with van der Waals surface area (Å²) in [5, 5.41) is 6.49. The van der Waals surface area contributed by atoms with Crippen LogP contribution in [0.1, 0.15) is 5.56 Å². The van der Waals surface area contributed by atoms with Gasteiger partial charge in [-0.2, -0.15) is 0 Å². The first kappa shape index (κ1) is 37.3. The first-order valence-electron chi connectivity index (χ1n) is 18.3. The number of hydrogen-bond acceptors (Lipinski definition) is 8. The Balaban J connectivity index is 0.000000131. The van der Waals surface area contributed by atoms with Crippen molar-refractivity contribution in [2.75, 3.05) is 0 Å². The second-order valence-electron chi connectivity index (χ2n) is 14.4. The van der Waals surface area contributed by atoms with Crippen LogP contribution < -0.4 is 0 Å². The number of aromatic nitrogens is 8. The molecule has 11 aromatic rings. The van der Waals surface area contributed by atoms with Gasteiger partial charge < -0.3 is 0 Å². The number of rotatable bonds is 0. The molecule has 0 aliphatic heterocycles. The fourth-order valence-corrected chi connectivity index (χ4v) is 7.22. The Labute approximate surface area is 342 Å². The molecule has 4 aromatic carbocycles. The maximum atomic E-state index is 4.97. The second kappa shape index (κ2) is 15.8. The molecule has 274 valence electrons. The Morgan fingerprint density at radius 1 is 0.386 bits per heavy atom. The number of pyridine rings is 6. The zero-order valence-electron chi connectivity index (χ0n) is 31.4. The van der Waals surface area contributed by atoms with E-state index in [9.17, 15) is 0 Å². The summed E-state index contributed by atoms with van der Waals surface area (Å²) in [6, 6.07) is 38.3. The third kappa shape index (κ3) is 7.64. The van der Waals surface area contributed by atoms with Gasteiger partial charge in [0.25, 0.3) is 0 Å². The van der Waals surface area contributed by atoms with Crippen molar-refractivity contribution in [3.05, 3.63) is 158 Å². The van der Waals surface area contributed by atoms with Gasteiger partial charge in [-0.1, -0.05) is 74.1 Å². The monoisotopic (exact) mass is 840 g/mol. The van der Waals surface area contributed by atoms with E-state index in [1.54, 1.807) is 37.2 Å². The number of benzene rings is 4. The van der Waals surface area contributed by atoms with Crippen molar-refractivity contribution in [3.8, 4) is 11.5 Å². The molecule has 8 nitrogen and oxygen atoms in total. The molecule has 7 aromatic heterocycles. The van der Waals surface area contributed by atoms with Crippen LogP contribution in [-0.2, 0) is 19.5 Å². The van der Waals surface area contributed by atoms with Crippen molar-refractivity contribution < 1.29 is 19.5 Å². The molecule has 0 aliphatic carbocycles. The van der Waals surface area contributed by atoms with Crippen molar-refractivity contribution in [3.63, 3.8) is 0 Å². The molecule has 0 radical (unpaired) electrons. The maximum absolute atomic E-state index is 4.97. The molecule has 10 heteroatoms. The predicted octanol–water partition coefficient (Wildman–Crippen LogP) is 10.7. The van der Waals surface area contributed by atoms with Gasteiger partial charge in [0.15, 0.2) is 0 Å². The van der Waals surface area contributed by atoms with E-state index in [-0.39, 0.29) is 19.5 Å². The van der Waals surface area contributed by atoms with E-state index in [0.29, 0.717) is 0 Å². The molecule has 0 N–H and O–H groups in total. The fourth-order valence-electron chi connectivity index (χ4n) is 6.70. The van der Waals surface area contributed by atoms with Crippen molar-refractivity contribution in [2.24, 2.45) is 0 Å². The summed E-state index contributed by atoms with van der Waals surface area (Å²) in [5.74, 6) is 3.31. The Hall–Kier alpha value is -6.66. The van der Waals surface area contributed by atoms with Crippen molar-refractivity contribution in [1.82, 2.24) is 39.9 Å². The Morgan fingerprint density at radius 3 is 1.16 bits per heavy atom. The van der Waals surface area contributed by atoms with Crippen LogP contribution in [0.25, 0.3) is 87.5 Å². The summed E-state index contributed by atoms with van der Waals surface area (Å²) in [7, 11) is -1.43. The SMILES string of the molecule is C[Si](C)(C)C#Cc1ccc2nc3c4cccnc4c4ncccc4c3nc2c1.[Ru].c1cnc2c(c1)ccc1cccnc12.c1cnc2c(c1)ccc1cccnc12. The minimum atomic E-state index is -1.43. The average Bonchev–Trinajstić information content (AvgIpc) is 3.25. The minimum Gasteiger partial charge on any atom is -0.254 e. The van der Waals surface area contributed by atoms with Crippen LogP contribution in [0.4, 0.5) is 0 Å². The molecule has 0 unspecified atom stereocenters. The van der Waals surface area contributed by atoms with Gasteiger partial charge >= 0.3 is 0 Å². The molecule has 0 bridgehead atoms. The molecule has 0 amide bonds. The van der Waals surface area contributed by atoms with Gasteiger partial charge in [-0.05, 0) is 66.7 Å². The van der Waals surface area contributed by atoms with Gasteiger partial charge in [-0.3, -0.25) is 29.9 Å². The Morgan fingerprint density at radius 2 is 0.754 bits per heavy atom. The number of hydrogen-bond donors (Lipinski definition) is 0. The summed E-state index contributed by atoms with van der Waals surface area (Å²) in [5.41, 5.74) is 13.4. The largest absolute Gasteiger partial charge is 0.254 e. The van der Waals surface area contributed by atoms with E-state index in [2.05, 4.69) is 110 Å². The zero-order chi connectivity index (χ0) is 38.1. The average molecular weight is 840 g/mol. The quantitative estimate of drug-likeness (QED) is 0.0644. The van der Waals surface area contributed by atoms with Crippen LogP contribution in [0.5, 0.6) is 0 Å². The Kier molecular flexibility index (Phi) is 10.4. The summed E-state index contributed by atoms with van der Waals surface area (Å²) in [6.45, 7) is 6.73. The van der Waals surface area contributed by atoms with Gasteiger partial charge in [0.2, 0.25) is 0 Å². The second-order valence-corrected chi connectivity index (χ2v) is 19.1. The number of nitrogens with zero attached hydrogens (tertiary/aromatic N) is 8. The Bertz CT molecular complexity index is 3120. The van der Waals surface area contributed by atoms with E-state index in [4.69, 9.17) is 9.97 Å². The zero-order valence-corrected chi connectivity index (χ0v) is 34.1. The topological polar surface area (TPSA) is 103 Å². The molecular formula is C47H34N8RuSi. The van der Waals surface area contributed by atoms with Crippen LogP contribution in [0.15, 0.2) is 152 Å². The van der Waals surface area contributed by atoms with E-state index in [1.165, 1.54) is 0 Å². The molecule has 0 aliphatic rings.